The summed E-state index contributed by atoms with van der Waals surface area (Å²) in [6.07, 6.45) is -0.813. The molecular formula is C8H8O4S. The second kappa shape index (κ2) is 2.87. The fourth-order valence-corrected chi connectivity index (χ4v) is 2.02. The van der Waals surface area contributed by atoms with E-state index in [1.165, 1.54) is 11.3 Å². The maximum atomic E-state index is 5.51. The predicted octanol–water partition coefficient (Wildman–Crippen LogP) is 1.22. The van der Waals surface area contributed by atoms with Crippen molar-refractivity contribution >= 4 is 11.3 Å². The van der Waals surface area contributed by atoms with E-state index in [0.29, 0.717) is 13.2 Å². The highest BCUT2D eigenvalue weighted by Gasteiger charge is 2.36. The van der Waals surface area contributed by atoms with Gasteiger partial charge in [-0.1, -0.05) is 0 Å². The van der Waals surface area contributed by atoms with Crippen LogP contribution in [0.5, 0.6) is 11.5 Å². The Morgan fingerprint density at radius 3 is 2.08 bits per heavy atom. The lowest BCUT2D eigenvalue weighted by Gasteiger charge is -2.34. The zero-order valence-electron chi connectivity index (χ0n) is 6.76. The average Bonchev–Trinajstić information content (AvgIpc) is 2.61. The molecule has 1 saturated heterocycles. The van der Waals surface area contributed by atoms with Crippen LogP contribution < -0.4 is 9.47 Å². The molecule has 0 spiro atoms. The molecule has 5 heteroatoms. The topological polar surface area (TPSA) is 36.9 Å². The summed E-state index contributed by atoms with van der Waals surface area (Å²) in [7, 11) is 0. The summed E-state index contributed by atoms with van der Waals surface area (Å²) in [6, 6.07) is 0. The van der Waals surface area contributed by atoms with Gasteiger partial charge >= 0.3 is 0 Å². The van der Waals surface area contributed by atoms with Crippen LogP contribution in [-0.2, 0) is 9.47 Å². The molecule has 4 nitrogen and oxygen atoms in total. The molecule has 0 bridgehead atoms. The van der Waals surface area contributed by atoms with Crippen LogP contribution >= 0.6 is 11.3 Å². The molecule has 0 aliphatic carbocycles. The van der Waals surface area contributed by atoms with Gasteiger partial charge in [-0.25, -0.2) is 0 Å². The summed E-state index contributed by atoms with van der Waals surface area (Å²) in [5.74, 6) is 1.49. The molecule has 0 amide bonds. The Morgan fingerprint density at radius 2 is 1.54 bits per heavy atom. The fraction of sp³-hybridized carbons (Fsp3) is 0.500. The van der Waals surface area contributed by atoms with E-state index in [1.54, 1.807) is 0 Å². The van der Waals surface area contributed by atoms with Gasteiger partial charge in [-0.05, 0) is 0 Å². The number of hydrogen-bond acceptors (Lipinski definition) is 5. The number of ether oxygens (including phenoxy) is 4. The monoisotopic (exact) mass is 200 g/mol. The summed E-state index contributed by atoms with van der Waals surface area (Å²) in [6.45, 7) is 1.12. The molecule has 1 aromatic rings. The van der Waals surface area contributed by atoms with E-state index in [2.05, 4.69) is 0 Å². The molecule has 1 fully saturated rings. The second-order valence-corrected chi connectivity index (χ2v) is 3.56. The quantitative estimate of drug-likeness (QED) is 0.631. The van der Waals surface area contributed by atoms with E-state index < -0.39 is 12.6 Å². The second-order valence-electron chi connectivity index (χ2n) is 2.81. The summed E-state index contributed by atoms with van der Waals surface area (Å²) >= 11 is 1.54. The fourth-order valence-electron chi connectivity index (χ4n) is 1.36. The minimum atomic E-state index is -0.407. The SMILES string of the molecule is c1scc2c1OC1OCCOC1O2. The lowest BCUT2D eigenvalue weighted by atomic mass is 10.4. The van der Waals surface area contributed by atoms with Crippen molar-refractivity contribution in [2.75, 3.05) is 13.2 Å². The molecule has 1 aromatic heterocycles. The molecular weight excluding hydrogens is 192 g/mol. The van der Waals surface area contributed by atoms with Gasteiger partial charge < -0.3 is 18.9 Å². The summed E-state index contributed by atoms with van der Waals surface area (Å²) in [5.41, 5.74) is 0. The van der Waals surface area contributed by atoms with Crippen molar-refractivity contribution in [2.45, 2.75) is 12.6 Å². The third-order valence-corrected chi connectivity index (χ3v) is 2.65. The van der Waals surface area contributed by atoms with Crippen molar-refractivity contribution in [2.24, 2.45) is 0 Å². The molecule has 2 unspecified atom stereocenters. The van der Waals surface area contributed by atoms with Crippen LogP contribution in [0, 0.1) is 0 Å². The van der Waals surface area contributed by atoms with Crippen LogP contribution in [0.1, 0.15) is 0 Å². The van der Waals surface area contributed by atoms with E-state index in [9.17, 15) is 0 Å². The largest absolute Gasteiger partial charge is 0.453 e. The van der Waals surface area contributed by atoms with Gasteiger partial charge in [0.25, 0.3) is 12.6 Å². The Kier molecular flexibility index (Phi) is 1.68. The van der Waals surface area contributed by atoms with E-state index in [4.69, 9.17) is 18.9 Å². The third-order valence-electron chi connectivity index (χ3n) is 1.95. The van der Waals surface area contributed by atoms with Crippen LogP contribution in [0.15, 0.2) is 10.8 Å². The predicted molar refractivity (Wildman–Crippen MR) is 45.1 cm³/mol. The van der Waals surface area contributed by atoms with Gasteiger partial charge in [0, 0.05) is 10.8 Å². The zero-order valence-corrected chi connectivity index (χ0v) is 7.58. The molecule has 0 aromatic carbocycles. The van der Waals surface area contributed by atoms with Crippen molar-refractivity contribution in [3.05, 3.63) is 10.8 Å². The number of fused-ring (bicyclic) bond motifs is 2. The molecule has 70 valence electrons. The number of rotatable bonds is 0. The van der Waals surface area contributed by atoms with Gasteiger partial charge in [0.2, 0.25) is 0 Å². The zero-order chi connectivity index (χ0) is 8.67. The van der Waals surface area contributed by atoms with Gasteiger partial charge in [-0.2, -0.15) is 0 Å². The van der Waals surface area contributed by atoms with Crippen LogP contribution in [0.3, 0.4) is 0 Å². The Morgan fingerprint density at radius 1 is 1.00 bits per heavy atom. The molecule has 0 saturated carbocycles. The van der Waals surface area contributed by atoms with E-state index in [0.717, 1.165) is 11.5 Å². The van der Waals surface area contributed by atoms with Crippen molar-refractivity contribution < 1.29 is 18.9 Å². The Bertz CT molecular complexity index is 282. The smallest absolute Gasteiger partial charge is 0.263 e. The highest BCUT2D eigenvalue weighted by molar-refractivity contribution is 7.08. The third kappa shape index (κ3) is 1.20. The first kappa shape index (κ1) is 7.61. The Balaban J connectivity index is 1.89. The molecule has 3 heterocycles. The van der Waals surface area contributed by atoms with Crippen molar-refractivity contribution in [3.8, 4) is 11.5 Å². The van der Waals surface area contributed by atoms with E-state index >= 15 is 0 Å². The van der Waals surface area contributed by atoms with Crippen LogP contribution in [0.25, 0.3) is 0 Å². The lowest BCUT2D eigenvalue weighted by Crippen LogP contribution is -2.47. The van der Waals surface area contributed by atoms with Crippen molar-refractivity contribution in [3.63, 3.8) is 0 Å². The van der Waals surface area contributed by atoms with Crippen molar-refractivity contribution in [1.29, 1.82) is 0 Å². The maximum absolute atomic E-state index is 5.51. The van der Waals surface area contributed by atoms with Gasteiger partial charge in [0.1, 0.15) is 0 Å². The molecule has 13 heavy (non-hydrogen) atoms. The van der Waals surface area contributed by atoms with Gasteiger partial charge in [-0.3, -0.25) is 0 Å². The van der Waals surface area contributed by atoms with Gasteiger partial charge in [0.05, 0.1) is 13.2 Å². The highest BCUT2D eigenvalue weighted by Crippen LogP contribution is 2.38. The summed E-state index contributed by atoms with van der Waals surface area (Å²) < 4.78 is 21.7. The lowest BCUT2D eigenvalue weighted by molar-refractivity contribution is -0.282. The standard InChI is InChI=1S/C8H8O4S/c1-2-10-8-7(9-1)11-5-3-13-4-6(5)12-8/h3-4,7-8H,1-2H2. The van der Waals surface area contributed by atoms with Crippen LogP contribution in [0.2, 0.25) is 0 Å². The summed E-state index contributed by atoms with van der Waals surface area (Å²) in [5, 5.41) is 3.78. The summed E-state index contributed by atoms with van der Waals surface area (Å²) in [4.78, 5) is 0. The van der Waals surface area contributed by atoms with E-state index in [-0.39, 0.29) is 0 Å². The number of thiophene rings is 1. The minimum Gasteiger partial charge on any atom is -0.453 e. The normalized spacial score (nSPS) is 31.1. The first-order chi connectivity index (χ1) is 6.43. The molecule has 2 atom stereocenters. The maximum Gasteiger partial charge on any atom is 0.263 e. The Labute approximate surface area is 79.0 Å². The van der Waals surface area contributed by atoms with E-state index in [1.807, 2.05) is 10.8 Å². The first-order valence-corrected chi connectivity index (χ1v) is 5.00. The van der Waals surface area contributed by atoms with Gasteiger partial charge in [0.15, 0.2) is 11.5 Å². The molecule has 0 radical (unpaired) electrons. The number of hydrogen-bond donors (Lipinski definition) is 0. The average molecular weight is 200 g/mol. The molecule has 2 aliphatic rings. The molecule has 2 aliphatic heterocycles. The van der Waals surface area contributed by atoms with Crippen LogP contribution in [-0.4, -0.2) is 25.8 Å². The molecule has 0 N–H and O–H groups in total. The first-order valence-electron chi connectivity index (χ1n) is 4.06. The Hall–Kier alpha value is -0.780. The highest BCUT2D eigenvalue weighted by atomic mass is 32.1. The van der Waals surface area contributed by atoms with Crippen LogP contribution in [0.4, 0.5) is 0 Å². The minimum absolute atomic E-state index is 0.407. The van der Waals surface area contributed by atoms with Gasteiger partial charge in [-0.15, -0.1) is 11.3 Å². The molecule has 3 rings (SSSR count). The van der Waals surface area contributed by atoms with Crippen molar-refractivity contribution in [1.82, 2.24) is 0 Å².